The number of thioether (sulfide) groups is 1. The van der Waals surface area contributed by atoms with Crippen LogP contribution in [0.1, 0.15) is 16.7 Å². The molecule has 1 heterocycles. The molecular weight excluding hydrogens is 501 g/mol. The number of methoxy groups -OCH3 is 1. The second-order valence-corrected chi connectivity index (χ2v) is 8.40. The molecule has 1 aliphatic rings. The molecule has 1 aliphatic heterocycles. The zero-order chi connectivity index (χ0) is 23.5. The van der Waals surface area contributed by atoms with Gasteiger partial charge in [-0.05, 0) is 47.9 Å². The van der Waals surface area contributed by atoms with E-state index in [1.54, 1.807) is 24.3 Å². The maximum atomic E-state index is 13.6. The average molecular weight is 519 g/mol. The minimum atomic E-state index is -4.67. The van der Waals surface area contributed by atoms with Crippen LogP contribution in [0, 0.1) is 0 Å². The molecule has 2 aromatic rings. The summed E-state index contributed by atoms with van der Waals surface area (Å²) in [6, 6.07) is 9.07. The lowest BCUT2D eigenvalue weighted by Gasteiger charge is -2.14. The number of carbonyl (C=O) groups is 2. The molecule has 1 amide bonds. The highest BCUT2D eigenvalue weighted by Crippen LogP contribution is 2.38. The zero-order valence-electron chi connectivity index (χ0n) is 17.0. The fraction of sp³-hybridized carbons (Fsp3) is 0.190. The lowest BCUT2D eigenvalue weighted by Crippen LogP contribution is -2.33. The summed E-state index contributed by atoms with van der Waals surface area (Å²) in [5.41, 5.74) is 5.32. The van der Waals surface area contributed by atoms with Crippen molar-refractivity contribution in [2.75, 3.05) is 7.11 Å². The van der Waals surface area contributed by atoms with Crippen LogP contribution in [0.25, 0.3) is 6.08 Å². The van der Waals surface area contributed by atoms with Crippen molar-refractivity contribution in [2.45, 2.75) is 18.6 Å². The summed E-state index contributed by atoms with van der Waals surface area (Å²) >= 11 is 5.76. The van der Waals surface area contributed by atoms with E-state index in [0.717, 1.165) is 29.5 Å². The predicted molar refractivity (Wildman–Crippen MR) is 125 cm³/mol. The molecule has 3 rings (SSSR count). The first-order chi connectivity index (χ1) is 15.1. The second-order valence-electron chi connectivity index (χ2n) is 6.68. The Morgan fingerprint density at radius 2 is 1.85 bits per heavy atom. The smallest absolute Gasteiger partial charge is 0.417 e. The van der Waals surface area contributed by atoms with Crippen molar-refractivity contribution in [1.82, 2.24) is 5.32 Å². The number of nitrogens with two attached hydrogens (primary N) is 1. The number of thiocarbonyl (C=S) groups is 1. The van der Waals surface area contributed by atoms with Gasteiger partial charge < -0.3 is 20.5 Å². The van der Waals surface area contributed by atoms with Gasteiger partial charge in [-0.25, -0.2) is 0 Å². The van der Waals surface area contributed by atoms with Crippen LogP contribution in [0.5, 0.6) is 11.5 Å². The molecular formula is C21H18ClF3N2O4S2. The van der Waals surface area contributed by atoms with Crippen molar-refractivity contribution in [3.05, 3.63) is 64.1 Å². The van der Waals surface area contributed by atoms with Crippen molar-refractivity contribution >= 4 is 58.7 Å². The number of esters is 1. The number of hydrogen-bond acceptors (Lipinski definition) is 7. The number of benzene rings is 2. The molecule has 3 N–H and O–H groups in total. The average Bonchev–Trinajstić information content (AvgIpc) is 3.05. The molecule has 12 heteroatoms. The number of nitrogens with one attached hydrogen (secondary N) is 1. The molecule has 33 heavy (non-hydrogen) atoms. The third kappa shape index (κ3) is 6.94. The molecule has 1 atom stereocenters. The molecule has 1 saturated heterocycles. The Balaban J connectivity index is 0.00000385. The van der Waals surface area contributed by atoms with Gasteiger partial charge in [0.2, 0.25) is 0 Å². The van der Waals surface area contributed by atoms with Crippen molar-refractivity contribution < 1.29 is 32.2 Å². The van der Waals surface area contributed by atoms with E-state index < -0.39 is 29.7 Å². The minimum Gasteiger partial charge on any atom is -0.468 e. The first-order valence-corrected chi connectivity index (χ1v) is 10.4. The van der Waals surface area contributed by atoms with Gasteiger partial charge in [0.15, 0.2) is 0 Å². The number of hydrogen-bond donors (Lipinski definition) is 2. The lowest BCUT2D eigenvalue weighted by atomic mass is 10.1. The highest BCUT2D eigenvalue weighted by molar-refractivity contribution is 8.26. The number of alkyl halides is 3. The van der Waals surface area contributed by atoms with Crippen LogP contribution in [-0.4, -0.2) is 29.3 Å². The zero-order valence-corrected chi connectivity index (χ0v) is 19.4. The van der Waals surface area contributed by atoms with Gasteiger partial charge in [0.1, 0.15) is 21.9 Å². The van der Waals surface area contributed by atoms with Crippen LogP contribution in [0.2, 0.25) is 0 Å². The Kier molecular flexibility index (Phi) is 8.89. The summed E-state index contributed by atoms with van der Waals surface area (Å²) in [5.74, 6) is -0.816. The van der Waals surface area contributed by atoms with Gasteiger partial charge in [0, 0.05) is 0 Å². The van der Waals surface area contributed by atoms with Gasteiger partial charge in [-0.1, -0.05) is 42.2 Å². The van der Waals surface area contributed by atoms with E-state index in [2.05, 4.69) is 10.1 Å². The summed E-state index contributed by atoms with van der Waals surface area (Å²) in [6.07, 6.45) is -3.28. The number of rotatable bonds is 6. The van der Waals surface area contributed by atoms with Crippen LogP contribution < -0.4 is 15.8 Å². The molecule has 0 aromatic heterocycles. The minimum absolute atomic E-state index is 0. The normalized spacial score (nSPS) is 15.6. The molecule has 0 aliphatic carbocycles. The van der Waals surface area contributed by atoms with Gasteiger partial charge >= 0.3 is 12.1 Å². The first kappa shape index (κ1) is 26.7. The highest BCUT2D eigenvalue weighted by atomic mass is 35.5. The Morgan fingerprint density at radius 3 is 2.39 bits per heavy atom. The molecule has 0 radical (unpaired) electrons. The maximum absolute atomic E-state index is 13.6. The fourth-order valence-electron chi connectivity index (χ4n) is 2.85. The topological polar surface area (TPSA) is 90.7 Å². The van der Waals surface area contributed by atoms with Crippen molar-refractivity contribution in [3.8, 4) is 11.5 Å². The van der Waals surface area contributed by atoms with E-state index in [-0.39, 0.29) is 39.4 Å². The lowest BCUT2D eigenvalue weighted by molar-refractivity contribution is -0.142. The van der Waals surface area contributed by atoms with Crippen LogP contribution >= 0.6 is 36.4 Å². The summed E-state index contributed by atoms with van der Waals surface area (Å²) in [4.78, 5) is 23.3. The molecule has 1 fully saturated rings. The van der Waals surface area contributed by atoms with Gasteiger partial charge in [0.05, 0.1) is 17.6 Å². The Bertz CT molecular complexity index is 1090. The van der Waals surface area contributed by atoms with E-state index in [1.165, 1.54) is 19.2 Å². The van der Waals surface area contributed by atoms with Crippen molar-refractivity contribution in [3.63, 3.8) is 0 Å². The molecule has 0 saturated carbocycles. The Morgan fingerprint density at radius 1 is 1.21 bits per heavy atom. The summed E-state index contributed by atoms with van der Waals surface area (Å²) in [6.45, 7) is 0. The summed E-state index contributed by atoms with van der Waals surface area (Å²) in [7, 11) is 1.24. The number of ether oxygens (including phenoxy) is 2. The summed E-state index contributed by atoms with van der Waals surface area (Å²) in [5, 5.41) is 2.36. The van der Waals surface area contributed by atoms with Crippen LogP contribution in [0.15, 0.2) is 47.4 Å². The number of amides is 1. The number of halogens is 4. The van der Waals surface area contributed by atoms with E-state index in [4.69, 9.17) is 22.7 Å². The third-order valence-electron chi connectivity index (χ3n) is 4.38. The predicted octanol–water partition coefficient (Wildman–Crippen LogP) is 4.45. The van der Waals surface area contributed by atoms with E-state index in [1.807, 2.05) is 0 Å². The van der Waals surface area contributed by atoms with Gasteiger partial charge in [-0.3, -0.25) is 9.59 Å². The first-order valence-electron chi connectivity index (χ1n) is 9.13. The quantitative estimate of drug-likeness (QED) is 0.331. The van der Waals surface area contributed by atoms with Crippen LogP contribution in [0.3, 0.4) is 0 Å². The van der Waals surface area contributed by atoms with Crippen LogP contribution in [-0.2, 0) is 26.9 Å². The molecule has 176 valence electrons. The Labute approximate surface area is 203 Å². The van der Waals surface area contributed by atoms with E-state index in [0.29, 0.717) is 5.75 Å². The summed E-state index contributed by atoms with van der Waals surface area (Å²) < 4.78 is 51.2. The molecule has 0 spiro atoms. The molecule has 2 aromatic carbocycles. The van der Waals surface area contributed by atoms with Crippen LogP contribution in [0.4, 0.5) is 13.2 Å². The maximum Gasteiger partial charge on any atom is 0.417 e. The van der Waals surface area contributed by atoms with E-state index in [9.17, 15) is 22.8 Å². The van der Waals surface area contributed by atoms with Gasteiger partial charge in [-0.2, -0.15) is 13.2 Å². The Hall–Kier alpha value is -2.60. The van der Waals surface area contributed by atoms with Crippen molar-refractivity contribution in [1.29, 1.82) is 0 Å². The molecule has 0 bridgehead atoms. The third-order valence-corrected chi connectivity index (χ3v) is 5.54. The largest absolute Gasteiger partial charge is 0.468 e. The van der Waals surface area contributed by atoms with Crippen molar-refractivity contribution in [2.24, 2.45) is 5.73 Å². The number of carbonyl (C=O) groups excluding carboxylic acids is 2. The van der Waals surface area contributed by atoms with Gasteiger partial charge in [-0.15, -0.1) is 12.4 Å². The van der Waals surface area contributed by atoms with E-state index >= 15 is 0 Å². The highest BCUT2D eigenvalue weighted by Gasteiger charge is 2.34. The molecule has 0 unspecified atom stereocenters. The standard InChI is InChI=1S/C21H17F3N2O4S2.ClH/c1-29-19(28)16(25)8-11-2-5-13(6-3-11)30-14-7-4-12(15(10-14)21(22,23)24)9-17-18(27)26-20(31)32-17;/h2-7,9-10,16H,8,25H2,1H3,(H,26,27,31);1H/t16-;/m0./s1. The molecule has 6 nitrogen and oxygen atoms in total. The monoisotopic (exact) mass is 518 g/mol. The SMILES string of the molecule is COC(=O)[C@@H](N)Cc1ccc(Oc2ccc(C=C3SC(=S)NC3=O)c(C(F)(F)F)c2)cc1.Cl. The second kappa shape index (κ2) is 11.0. The van der Waals surface area contributed by atoms with Gasteiger partial charge in [0.25, 0.3) is 5.91 Å². The fourth-order valence-corrected chi connectivity index (χ4v) is 3.89.